The van der Waals surface area contributed by atoms with Crippen LogP contribution in [0.25, 0.3) is 0 Å². The van der Waals surface area contributed by atoms with Crippen LogP contribution in [0.3, 0.4) is 0 Å². The molecule has 4 nitrogen and oxygen atoms in total. The first-order chi connectivity index (χ1) is 10.2. The second kappa shape index (κ2) is 7.13. The fraction of sp³-hybridized carbons (Fsp3) is 0.529. The number of carbonyl (C=O) groups is 1. The van der Waals surface area contributed by atoms with Crippen LogP contribution in [0, 0.1) is 29.1 Å². The summed E-state index contributed by atoms with van der Waals surface area (Å²) in [4.78, 5) is 14.4. The fourth-order valence-corrected chi connectivity index (χ4v) is 3.99. The molecule has 4 unspecified atom stereocenters. The van der Waals surface area contributed by atoms with Crippen LogP contribution in [-0.4, -0.2) is 30.6 Å². The third kappa shape index (κ3) is 3.11. The molecule has 1 aromatic rings. The van der Waals surface area contributed by atoms with Gasteiger partial charge in [0.05, 0.1) is 25.0 Å². The highest BCUT2D eigenvalue weighted by molar-refractivity contribution is 5.85. The Kier molecular flexibility index (Phi) is 5.44. The molecule has 1 aliphatic carbocycles. The number of ether oxygens (including phenoxy) is 1. The number of nitrogens with zero attached hydrogens (tertiary/aromatic N) is 2. The maximum Gasteiger partial charge on any atom is 0.310 e. The van der Waals surface area contributed by atoms with Crippen LogP contribution >= 0.6 is 12.4 Å². The van der Waals surface area contributed by atoms with Crippen molar-refractivity contribution >= 4 is 18.4 Å². The minimum atomic E-state index is -0.164. The Hall–Kier alpha value is -1.57. The van der Waals surface area contributed by atoms with E-state index in [1.807, 2.05) is 18.2 Å². The summed E-state index contributed by atoms with van der Waals surface area (Å²) < 4.78 is 4.96. The average molecular weight is 321 g/mol. The number of benzene rings is 1. The van der Waals surface area contributed by atoms with Crippen molar-refractivity contribution in [3.63, 3.8) is 0 Å². The molecule has 3 fully saturated rings. The zero-order valence-corrected chi connectivity index (χ0v) is 13.5. The summed E-state index contributed by atoms with van der Waals surface area (Å²) in [5.41, 5.74) is 1.23. The van der Waals surface area contributed by atoms with Gasteiger partial charge in [-0.3, -0.25) is 9.69 Å². The van der Waals surface area contributed by atoms with E-state index >= 15 is 0 Å². The predicted octanol–water partition coefficient (Wildman–Crippen LogP) is 2.63. The number of hydrogen-bond donors (Lipinski definition) is 0. The minimum absolute atomic E-state index is 0. The van der Waals surface area contributed by atoms with E-state index in [1.54, 1.807) is 0 Å². The normalized spacial score (nSPS) is 30.2. The SMILES string of the molecule is COC(=O)C1CC2CC(C#N)C1N(Cc1ccccc1)C2.Cl. The summed E-state index contributed by atoms with van der Waals surface area (Å²) in [6, 6.07) is 12.6. The van der Waals surface area contributed by atoms with Crippen molar-refractivity contribution in [2.75, 3.05) is 13.7 Å². The molecule has 0 spiro atoms. The Morgan fingerprint density at radius 1 is 1.36 bits per heavy atom. The largest absolute Gasteiger partial charge is 0.469 e. The lowest BCUT2D eigenvalue weighted by atomic mass is 9.67. The van der Waals surface area contributed by atoms with Gasteiger partial charge in [-0.15, -0.1) is 12.4 Å². The molecule has 2 heterocycles. The predicted molar refractivity (Wildman–Crippen MR) is 85.2 cm³/mol. The van der Waals surface area contributed by atoms with E-state index < -0.39 is 0 Å². The third-order valence-electron chi connectivity index (χ3n) is 4.81. The first-order valence-corrected chi connectivity index (χ1v) is 7.48. The van der Waals surface area contributed by atoms with Crippen molar-refractivity contribution in [2.24, 2.45) is 17.8 Å². The van der Waals surface area contributed by atoms with Crippen LogP contribution in [0.4, 0.5) is 0 Å². The topological polar surface area (TPSA) is 53.3 Å². The van der Waals surface area contributed by atoms with Gasteiger partial charge in [0.2, 0.25) is 0 Å². The standard InChI is InChI=1S/C17H20N2O2.ClH/c1-21-17(20)15-8-13-7-14(9-18)16(15)19(11-13)10-12-5-3-2-4-6-12;/h2-6,13-16H,7-8,10-11H2,1H3;1H. The molecule has 0 N–H and O–H groups in total. The number of hydrogen-bond acceptors (Lipinski definition) is 4. The van der Waals surface area contributed by atoms with Gasteiger partial charge in [0.15, 0.2) is 0 Å². The Morgan fingerprint density at radius 3 is 2.73 bits per heavy atom. The van der Waals surface area contributed by atoms with Gasteiger partial charge in [0.1, 0.15) is 0 Å². The van der Waals surface area contributed by atoms with E-state index in [0.717, 1.165) is 25.9 Å². The van der Waals surface area contributed by atoms with Crippen LogP contribution in [0.1, 0.15) is 18.4 Å². The van der Waals surface area contributed by atoms with E-state index in [9.17, 15) is 10.1 Å². The summed E-state index contributed by atoms with van der Waals surface area (Å²) in [7, 11) is 1.44. The summed E-state index contributed by atoms with van der Waals surface area (Å²) in [5, 5.41) is 9.44. The van der Waals surface area contributed by atoms with E-state index in [4.69, 9.17) is 4.74 Å². The third-order valence-corrected chi connectivity index (χ3v) is 4.81. The molecule has 4 rings (SSSR count). The van der Waals surface area contributed by atoms with Gasteiger partial charge in [0, 0.05) is 19.1 Å². The second-order valence-electron chi connectivity index (χ2n) is 6.11. The van der Waals surface area contributed by atoms with Gasteiger partial charge < -0.3 is 4.74 Å². The number of carbonyl (C=O) groups excluding carboxylic acids is 1. The van der Waals surface area contributed by atoms with E-state index in [0.29, 0.717) is 5.92 Å². The highest BCUT2D eigenvalue weighted by atomic mass is 35.5. The molecule has 5 heteroatoms. The first-order valence-electron chi connectivity index (χ1n) is 7.48. The summed E-state index contributed by atoms with van der Waals surface area (Å²) >= 11 is 0. The molecule has 3 aliphatic rings. The van der Waals surface area contributed by atoms with Crippen molar-refractivity contribution in [3.8, 4) is 6.07 Å². The number of halogens is 1. The van der Waals surface area contributed by atoms with E-state index in [2.05, 4.69) is 23.1 Å². The van der Waals surface area contributed by atoms with Crippen molar-refractivity contribution < 1.29 is 9.53 Å². The number of esters is 1. The van der Waals surface area contributed by atoms with Gasteiger partial charge >= 0.3 is 5.97 Å². The molecule has 2 aliphatic heterocycles. The van der Waals surface area contributed by atoms with Crippen LogP contribution < -0.4 is 0 Å². The van der Waals surface area contributed by atoms with Crippen LogP contribution in [0.5, 0.6) is 0 Å². The highest BCUT2D eigenvalue weighted by Gasteiger charge is 2.49. The zero-order chi connectivity index (χ0) is 14.8. The van der Waals surface area contributed by atoms with Gasteiger partial charge in [-0.05, 0) is 24.3 Å². The Bertz CT molecular complexity index is 558. The molecule has 0 aromatic heterocycles. The van der Waals surface area contributed by atoms with Crippen LogP contribution in [0.2, 0.25) is 0 Å². The highest BCUT2D eigenvalue weighted by Crippen LogP contribution is 2.43. The first kappa shape index (κ1) is 16.8. The molecule has 2 saturated heterocycles. The molecular formula is C17H21ClN2O2. The molecular weight excluding hydrogens is 300 g/mol. The summed E-state index contributed by atoms with van der Waals surface area (Å²) in [5.74, 6) is 0.0383. The molecule has 118 valence electrons. The van der Waals surface area contributed by atoms with E-state index in [1.165, 1.54) is 12.7 Å². The maximum absolute atomic E-state index is 12.1. The van der Waals surface area contributed by atoms with Gasteiger partial charge in [-0.1, -0.05) is 30.3 Å². The lowest BCUT2D eigenvalue weighted by Gasteiger charge is -2.51. The number of rotatable bonds is 3. The quantitative estimate of drug-likeness (QED) is 0.803. The lowest BCUT2D eigenvalue weighted by Crippen LogP contribution is -2.58. The summed E-state index contributed by atoms with van der Waals surface area (Å²) in [6.07, 6.45) is 1.78. The fourth-order valence-electron chi connectivity index (χ4n) is 3.99. The number of methoxy groups -OCH3 is 1. The molecule has 22 heavy (non-hydrogen) atoms. The van der Waals surface area contributed by atoms with Crippen molar-refractivity contribution in [3.05, 3.63) is 35.9 Å². The van der Waals surface area contributed by atoms with Crippen LogP contribution in [-0.2, 0) is 16.1 Å². The molecule has 4 atom stereocenters. The maximum atomic E-state index is 12.1. The lowest BCUT2D eigenvalue weighted by molar-refractivity contribution is -0.156. The number of fused-ring (bicyclic) bond motifs is 3. The number of nitriles is 1. The van der Waals surface area contributed by atoms with Crippen LogP contribution in [0.15, 0.2) is 30.3 Å². The van der Waals surface area contributed by atoms with Crippen molar-refractivity contribution in [2.45, 2.75) is 25.4 Å². The van der Waals surface area contributed by atoms with Crippen molar-refractivity contribution in [1.82, 2.24) is 4.90 Å². The average Bonchev–Trinajstić information content (AvgIpc) is 2.54. The van der Waals surface area contributed by atoms with Crippen molar-refractivity contribution in [1.29, 1.82) is 5.26 Å². The molecule has 1 aromatic carbocycles. The Labute approximate surface area is 137 Å². The smallest absolute Gasteiger partial charge is 0.310 e. The number of piperidine rings is 2. The Balaban J connectivity index is 0.00000176. The second-order valence-corrected chi connectivity index (χ2v) is 6.11. The van der Waals surface area contributed by atoms with Gasteiger partial charge in [-0.25, -0.2) is 0 Å². The van der Waals surface area contributed by atoms with E-state index in [-0.39, 0.29) is 36.3 Å². The Morgan fingerprint density at radius 2 is 2.09 bits per heavy atom. The summed E-state index contributed by atoms with van der Waals surface area (Å²) in [6.45, 7) is 1.78. The van der Waals surface area contributed by atoms with Gasteiger partial charge in [0.25, 0.3) is 0 Å². The molecule has 1 saturated carbocycles. The molecule has 2 bridgehead atoms. The zero-order valence-electron chi connectivity index (χ0n) is 12.6. The molecule has 0 radical (unpaired) electrons. The monoisotopic (exact) mass is 320 g/mol. The van der Waals surface area contributed by atoms with Gasteiger partial charge in [-0.2, -0.15) is 5.26 Å². The molecule has 0 amide bonds. The minimum Gasteiger partial charge on any atom is -0.469 e.